The minimum atomic E-state index is -0.773. The summed E-state index contributed by atoms with van der Waals surface area (Å²) in [6.07, 6.45) is 0. The molecule has 3 nitrogen and oxygen atoms in total. The van der Waals surface area contributed by atoms with Crippen LogP contribution in [0.2, 0.25) is 0 Å². The summed E-state index contributed by atoms with van der Waals surface area (Å²) < 4.78 is 30.3. The Hall–Kier alpha value is -1.65. The molecule has 0 unspecified atom stereocenters. The van der Waals surface area contributed by atoms with Gasteiger partial charge in [0.25, 0.3) is 0 Å². The summed E-state index contributed by atoms with van der Waals surface area (Å²) in [5, 5.41) is 0.291. The Bertz CT molecular complexity index is 398. The molecule has 0 amide bonds. The fourth-order valence-electron chi connectivity index (χ4n) is 1.30. The molecule has 1 rings (SSSR count). The highest BCUT2D eigenvalue weighted by Gasteiger charge is 2.17. The first-order valence-electron chi connectivity index (χ1n) is 5.66. The van der Waals surface area contributed by atoms with Crippen LogP contribution in [0.5, 0.6) is 0 Å². The Balaban J connectivity index is 2.74. The second kappa shape index (κ2) is 5.80. The molecule has 1 aromatic carbocycles. The molecule has 1 aromatic rings. The number of hydrogen-bond donors (Lipinski definition) is 0. The van der Waals surface area contributed by atoms with E-state index >= 15 is 0 Å². The largest absolute Gasteiger partial charge is 0.456 e. The molecule has 0 heterocycles. The fraction of sp³-hybridized carbons (Fsp3) is 0.462. The van der Waals surface area contributed by atoms with Crippen LogP contribution in [-0.4, -0.2) is 24.8 Å². The van der Waals surface area contributed by atoms with Gasteiger partial charge in [-0.25, -0.2) is 14.3 Å². The lowest BCUT2D eigenvalue weighted by Crippen LogP contribution is -2.24. The second-order valence-corrected chi connectivity index (χ2v) is 4.82. The van der Waals surface area contributed by atoms with Crippen molar-refractivity contribution in [2.75, 3.05) is 18.3 Å². The maximum Gasteiger partial charge on any atom is 0.338 e. The highest BCUT2D eigenvalue weighted by molar-refractivity contribution is 5.90. The molecule has 0 N–H and O–H groups in total. The van der Waals surface area contributed by atoms with Gasteiger partial charge in [0.1, 0.15) is 12.3 Å². The molecule has 0 aliphatic heterocycles. The predicted molar refractivity (Wildman–Crippen MR) is 66.0 cm³/mol. The molecule has 0 saturated carbocycles. The van der Waals surface area contributed by atoms with Crippen LogP contribution in [0.1, 0.15) is 31.1 Å². The number of carbonyl (C=O) groups excluding carboxylic acids is 1. The third-order valence-electron chi connectivity index (χ3n) is 2.06. The maximum atomic E-state index is 13.2. The van der Waals surface area contributed by atoms with Crippen LogP contribution in [0.3, 0.4) is 0 Å². The van der Waals surface area contributed by atoms with Gasteiger partial charge >= 0.3 is 5.97 Å². The number of halogens is 2. The van der Waals surface area contributed by atoms with Gasteiger partial charge in [0.2, 0.25) is 0 Å². The molecule has 0 saturated heterocycles. The number of ether oxygens (including phenoxy) is 1. The Morgan fingerprint density at radius 3 is 2.28 bits per heavy atom. The zero-order chi connectivity index (χ0) is 13.8. The number of rotatable bonds is 4. The van der Waals surface area contributed by atoms with E-state index in [-0.39, 0.29) is 12.2 Å². The molecule has 5 heteroatoms. The van der Waals surface area contributed by atoms with Crippen molar-refractivity contribution in [3.05, 3.63) is 29.8 Å². The molecular weight excluding hydrogens is 240 g/mol. The molecule has 0 aliphatic rings. The highest BCUT2D eigenvalue weighted by Crippen LogP contribution is 2.18. The van der Waals surface area contributed by atoms with E-state index in [9.17, 15) is 13.7 Å². The molecule has 18 heavy (non-hydrogen) atoms. The topological polar surface area (TPSA) is 29.5 Å². The summed E-state index contributed by atoms with van der Waals surface area (Å²) in [4.78, 5) is 11.7. The van der Waals surface area contributed by atoms with Gasteiger partial charge in [-0.05, 0) is 45.0 Å². The van der Waals surface area contributed by atoms with Crippen molar-refractivity contribution in [2.45, 2.75) is 26.4 Å². The Labute approximate surface area is 105 Å². The van der Waals surface area contributed by atoms with E-state index in [0.29, 0.717) is 10.7 Å². The van der Waals surface area contributed by atoms with Crippen molar-refractivity contribution >= 4 is 11.7 Å². The smallest absolute Gasteiger partial charge is 0.338 e. The fourth-order valence-corrected chi connectivity index (χ4v) is 1.30. The molecule has 0 spiro atoms. The maximum absolute atomic E-state index is 13.2. The molecule has 0 aromatic heterocycles. The number of hydrogen-bond acceptors (Lipinski definition) is 3. The minimum absolute atomic E-state index is 0.208. The normalized spacial score (nSPS) is 11.2. The summed E-state index contributed by atoms with van der Waals surface area (Å²) in [5.41, 5.74) is -0.0295. The monoisotopic (exact) mass is 257 g/mol. The third kappa shape index (κ3) is 4.31. The van der Waals surface area contributed by atoms with Crippen molar-refractivity contribution < 1.29 is 18.4 Å². The standard InChI is InChI=1S/C13H17F2NO2/c1-13(2,3)18-12(17)10-4-6-11(7-5-10)16(15)9-8-14/h4-7H,8-9H2,1-3H3. The van der Waals surface area contributed by atoms with E-state index in [1.54, 1.807) is 20.8 Å². The zero-order valence-electron chi connectivity index (χ0n) is 10.7. The summed E-state index contributed by atoms with van der Waals surface area (Å²) in [6.45, 7) is 4.20. The van der Waals surface area contributed by atoms with Crippen LogP contribution in [0, 0.1) is 0 Å². The Kier molecular flexibility index (Phi) is 4.64. The van der Waals surface area contributed by atoms with E-state index in [4.69, 9.17) is 4.74 Å². The first kappa shape index (κ1) is 14.4. The van der Waals surface area contributed by atoms with Crippen LogP contribution >= 0.6 is 0 Å². The lowest BCUT2D eigenvalue weighted by Gasteiger charge is -2.19. The van der Waals surface area contributed by atoms with Crippen LogP contribution in [0.4, 0.5) is 14.6 Å². The number of benzene rings is 1. The summed E-state index contributed by atoms with van der Waals surface area (Å²) >= 11 is 0. The summed E-state index contributed by atoms with van der Waals surface area (Å²) in [5.74, 6) is -0.468. The number of carbonyl (C=O) groups is 1. The lowest BCUT2D eigenvalue weighted by molar-refractivity contribution is 0.00695. The lowest BCUT2D eigenvalue weighted by atomic mass is 10.1. The number of nitrogens with zero attached hydrogens (tertiary/aromatic N) is 1. The molecule has 0 fully saturated rings. The van der Waals surface area contributed by atoms with E-state index in [1.165, 1.54) is 24.3 Å². The van der Waals surface area contributed by atoms with E-state index < -0.39 is 18.2 Å². The average molecular weight is 257 g/mol. The van der Waals surface area contributed by atoms with Gasteiger partial charge in [-0.15, -0.1) is 0 Å². The number of alkyl halides is 1. The third-order valence-corrected chi connectivity index (χ3v) is 2.06. The quantitative estimate of drug-likeness (QED) is 0.612. The predicted octanol–water partition coefficient (Wildman–Crippen LogP) is 3.30. The van der Waals surface area contributed by atoms with Crippen LogP contribution in [0.25, 0.3) is 0 Å². The minimum Gasteiger partial charge on any atom is -0.456 e. The SMILES string of the molecule is CC(C)(C)OC(=O)c1ccc(N(F)CCF)cc1. The van der Waals surface area contributed by atoms with Crippen molar-refractivity contribution in [3.8, 4) is 0 Å². The molecular formula is C13H17F2NO2. The first-order valence-corrected chi connectivity index (χ1v) is 5.66. The highest BCUT2D eigenvalue weighted by atomic mass is 19.2. The molecule has 0 aliphatic carbocycles. The Morgan fingerprint density at radius 1 is 1.28 bits per heavy atom. The van der Waals surface area contributed by atoms with Crippen molar-refractivity contribution in [1.29, 1.82) is 0 Å². The summed E-state index contributed by atoms with van der Waals surface area (Å²) in [6, 6.07) is 5.73. The molecule has 100 valence electrons. The van der Waals surface area contributed by atoms with Crippen molar-refractivity contribution in [2.24, 2.45) is 0 Å². The van der Waals surface area contributed by atoms with Crippen LogP contribution < -0.4 is 5.12 Å². The van der Waals surface area contributed by atoms with Gasteiger partial charge in [-0.1, -0.05) is 4.48 Å². The van der Waals surface area contributed by atoms with Gasteiger partial charge in [-0.2, -0.15) is 0 Å². The van der Waals surface area contributed by atoms with Crippen LogP contribution in [-0.2, 0) is 4.74 Å². The van der Waals surface area contributed by atoms with Crippen molar-refractivity contribution in [3.63, 3.8) is 0 Å². The van der Waals surface area contributed by atoms with Gasteiger partial charge in [0.15, 0.2) is 0 Å². The number of anilines is 1. The van der Waals surface area contributed by atoms with E-state index in [0.717, 1.165) is 0 Å². The van der Waals surface area contributed by atoms with E-state index in [2.05, 4.69) is 0 Å². The molecule has 0 bridgehead atoms. The summed E-state index contributed by atoms with van der Waals surface area (Å²) in [7, 11) is 0. The van der Waals surface area contributed by atoms with Crippen molar-refractivity contribution in [1.82, 2.24) is 0 Å². The molecule has 0 atom stereocenters. The number of esters is 1. The zero-order valence-corrected chi connectivity index (χ0v) is 10.7. The second-order valence-electron chi connectivity index (χ2n) is 4.82. The van der Waals surface area contributed by atoms with Crippen LogP contribution in [0.15, 0.2) is 24.3 Å². The van der Waals surface area contributed by atoms with E-state index in [1.807, 2.05) is 0 Å². The van der Waals surface area contributed by atoms with Gasteiger partial charge in [0, 0.05) is 0 Å². The van der Waals surface area contributed by atoms with Gasteiger partial charge in [0.05, 0.1) is 17.8 Å². The van der Waals surface area contributed by atoms with Gasteiger partial charge < -0.3 is 4.74 Å². The van der Waals surface area contributed by atoms with Gasteiger partial charge in [-0.3, -0.25) is 0 Å². The Morgan fingerprint density at radius 2 is 1.83 bits per heavy atom. The molecule has 0 radical (unpaired) electrons. The first-order chi connectivity index (χ1) is 8.33. The average Bonchev–Trinajstić information content (AvgIpc) is 2.27.